The number of carbonyl (C=O) groups is 1. The number of aliphatic imine (C=N–C) groups is 2. The van der Waals surface area contributed by atoms with Gasteiger partial charge in [-0.05, 0) is 49.7 Å². The second kappa shape index (κ2) is 6.33. The van der Waals surface area contributed by atoms with Gasteiger partial charge < -0.3 is 21.7 Å². The molecule has 0 fully saturated rings. The molecule has 3 aliphatic heterocycles. The number of allylic oxidation sites excluding steroid dienone is 1. The van der Waals surface area contributed by atoms with Crippen molar-refractivity contribution < 1.29 is 4.79 Å². The number of rotatable bonds is 3. The van der Waals surface area contributed by atoms with E-state index in [4.69, 9.17) is 5.73 Å². The number of hydrogen-bond acceptors (Lipinski definition) is 6. The van der Waals surface area contributed by atoms with Crippen LogP contribution in [0.15, 0.2) is 58.3 Å². The number of hydrogen-bond donors (Lipinski definition) is 4. The summed E-state index contributed by atoms with van der Waals surface area (Å²) in [7, 11) is 0. The van der Waals surface area contributed by atoms with E-state index < -0.39 is 5.91 Å². The third-order valence-corrected chi connectivity index (χ3v) is 5.14. The van der Waals surface area contributed by atoms with Crippen molar-refractivity contribution in [1.29, 1.82) is 0 Å². The molecule has 0 saturated carbocycles. The van der Waals surface area contributed by atoms with Crippen LogP contribution >= 0.6 is 0 Å². The Morgan fingerprint density at radius 3 is 3.15 bits per heavy atom. The number of nitrogens with two attached hydrogens (primary N) is 1. The Bertz CT molecular complexity index is 869. The smallest absolute Gasteiger partial charge is 0.248 e. The number of amides is 1. The first-order chi connectivity index (χ1) is 12.6. The van der Waals surface area contributed by atoms with Gasteiger partial charge in [-0.15, -0.1) is 0 Å². The van der Waals surface area contributed by atoms with Crippen molar-refractivity contribution in [3.05, 3.63) is 53.9 Å². The van der Waals surface area contributed by atoms with Crippen molar-refractivity contribution >= 4 is 23.4 Å². The highest BCUT2D eigenvalue weighted by Crippen LogP contribution is 2.41. The van der Waals surface area contributed by atoms with Crippen LogP contribution in [0.2, 0.25) is 0 Å². The summed E-state index contributed by atoms with van der Waals surface area (Å²) in [5, 5.41) is 9.99. The van der Waals surface area contributed by atoms with E-state index in [1.807, 2.05) is 18.5 Å². The lowest BCUT2D eigenvalue weighted by Gasteiger charge is -2.37. The van der Waals surface area contributed by atoms with E-state index in [0.717, 1.165) is 30.9 Å². The average molecular weight is 350 g/mol. The molecule has 4 rings (SSSR count). The lowest BCUT2D eigenvalue weighted by Crippen LogP contribution is -2.49. The minimum atomic E-state index is -0.448. The summed E-state index contributed by atoms with van der Waals surface area (Å²) in [4.78, 5) is 20.5. The number of anilines is 1. The van der Waals surface area contributed by atoms with Crippen molar-refractivity contribution in [2.24, 2.45) is 21.1 Å². The fourth-order valence-electron chi connectivity index (χ4n) is 3.66. The fraction of sp³-hybridized carbons (Fsp3) is 0.316. The molecule has 0 bridgehead atoms. The van der Waals surface area contributed by atoms with Crippen LogP contribution in [0.5, 0.6) is 0 Å². The molecule has 1 aromatic carbocycles. The van der Waals surface area contributed by atoms with Crippen molar-refractivity contribution in [3.8, 4) is 0 Å². The lowest BCUT2D eigenvalue weighted by molar-refractivity contribution is 0.100. The Hall–Kier alpha value is -3.09. The van der Waals surface area contributed by atoms with Crippen LogP contribution in [0.25, 0.3) is 0 Å². The van der Waals surface area contributed by atoms with Crippen LogP contribution in [0.1, 0.15) is 30.1 Å². The Kier molecular flexibility index (Phi) is 3.99. The molecule has 0 saturated heterocycles. The van der Waals surface area contributed by atoms with Crippen LogP contribution < -0.4 is 21.7 Å². The Morgan fingerprint density at radius 1 is 1.42 bits per heavy atom. The number of nitrogens with zero attached hydrogens (tertiary/aromatic N) is 2. The summed E-state index contributed by atoms with van der Waals surface area (Å²) in [5.41, 5.74) is 7.77. The molecule has 2 unspecified atom stereocenters. The highest BCUT2D eigenvalue weighted by molar-refractivity contribution is 5.99. The van der Waals surface area contributed by atoms with Crippen LogP contribution in [0.4, 0.5) is 5.69 Å². The zero-order chi connectivity index (χ0) is 18.1. The number of carbonyl (C=O) groups excluding carboxylic acids is 1. The SMILES string of the molecule is CC12CC=CNC1=NC=C2C1CCN=C(Nc2cccc(C(N)=O)c2)N1. The monoisotopic (exact) mass is 350 g/mol. The predicted octanol–water partition coefficient (Wildman–Crippen LogP) is 1.72. The maximum absolute atomic E-state index is 11.4. The van der Waals surface area contributed by atoms with Gasteiger partial charge >= 0.3 is 0 Å². The first-order valence-electron chi connectivity index (χ1n) is 8.74. The Balaban J connectivity index is 1.48. The Morgan fingerprint density at radius 2 is 2.31 bits per heavy atom. The second-order valence-electron chi connectivity index (χ2n) is 6.93. The van der Waals surface area contributed by atoms with Gasteiger partial charge in [0.2, 0.25) is 5.91 Å². The molecule has 7 nitrogen and oxygen atoms in total. The van der Waals surface area contributed by atoms with Crippen molar-refractivity contribution in [1.82, 2.24) is 10.6 Å². The molecule has 0 spiro atoms. The van der Waals surface area contributed by atoms with Crippen LogP contribution in [0, 0.1) is 5.41 Å². The molecule has 0 radical (unpaired) electrons. The highest BCUT2D eigenvalue weighted by atomic mass is 16.1. The molecule has 1 amide bonds. The summed E-state index contributed by atoms with van der Waals surface area (Å²) >= 11 is 0. The van der Waals surface area contributed by atoms with Gasteiger partial charge in [0, 0.05) is 24.0 Å². The molecule has 7 heteroatoms. The first-order valence-corrected chi connectivity index (χ1v) is 8.74. The quantitative estimate of drug-likeness (QED) is 0.666. The van der Waals surface area contributed by atoms with Crippen LogP contribution in [0.3, 0.4) is 0 Å². The van der Waals surface area contributed by atoms with Gasteiger partial charge in [-0.25, -0.2) is 4.99 Å². The maximum Gasteiger partial charge on any atom is 0.248 e. The van der Waals surface area contributed by atoms with E-state index in [0.29, 0.717) is 11.5 Å². The maximum atomic E-state index is 11.4. The standard InChI is InChI=1S/C19H22N6O/c1-19-7-3-8-21-17(19)23-11-14(19)15-6-9-22-18(25-15)24-13-5-2-4-12(10-13)16(20)26/h2-5,8,10-11,15H,6-7,9H2,1H3,(H2,20,26)(H,21,23)(H2,22,24,25). The van der Waals surface area contributed by atoms with Gasteiger partial charge in [0.15, 0.2) is 5.96 Å². The molecular formula is C19H22N6O. The number of guanidine groups is 1. The molecule has 0 aromatic heterocycles. The average Bonchev–Trinajstić information content (AvgIpc) is 2.99. The molecule has 2 atom stereocenters. The number of benzene rings is 1. The van der Waals surface area contributed by atoms with Gasteiger partial charge in [0.1, 0.15) is 5.84 Å². The molecule has 26 heavy (non-hydrogen) atoms. The van der Waals surface area contributed by atoms with Gasteiger partial charge in [-0.1, -0.05) is 12.1 Å². The first kappa shape index (κ1) is 16.4. The van der Waals surface area contributed by atoms with Crippen molar-refractivity contribution in [3.63, 3.8) is 0 Å². The summed E-state index contributed by atoms with van der Waals surface area (Å²) in [5.74, 6) is 1.25. The Labute approximate surface area is 152 Å². The van der Waals surface area contributed by atoms with E-state index >= 15 is 0 Å². The van der Waals surface area contributed by atoms with Crippen molar-refractivity contribution in [2.75, 3.05) is 11.9 Å². The molecule has 3 aliphatic rings. The van der Waals surface area contributed by atoms with Crippen molar-refractivity contribution in [2.45, 2.75) is 25.8 Å². The predicted molar refractivity (Wildman–Crippen MR) is 103 cm³/mol. The minimum Gasteiger partial charge on any atom is -0.366 e. The van der Waals surface area contributed by atoms with E-state index in [1.165, 1.54) is 5.57 Å². The normalized spacial score (nSPS) is 26.7. The van der Waals surface area contributed by atoms with E-state index in [1.54, 1.807) is 18.2 Å². The van der Waals surface area contributed by atoms with Crippen LogP contribution in [-0.2, 0) is 0 Å². The molecule has 134 valence electrons. The number of primary amides is 1. The number of nitrogens with one attached hydrogen (secondary N) is 3. The zero-order valence-electron chi connectivity index (χ0n) is 14.6. The summed E-state index contributed by atoms with van der Waals surface area (Å²) < 4.78 is 0. The number of amidine groups is 1. The lowest BCUT2D eigenvalue weighted by atomic mass is 9.74. The van der Waals surface area contributed by atoms with E-state index in [2.05, 4.69) is 38.9 Å². The van der Waals surface area contributed by atoms with E-state index in [-0.39, 0.29) is 11.5 Å². The number of fused-ring (bicyclic) bond motifs is 1. The van der Waals surface area contributed by atoms with Gasteiger partial charge in [0.25, 0.3) is 0 Å². The molecular weight excluding hydrogens is 328 g/mol. The molecule has 0 aliphatic carbocycles. The summed E-state index contributed by atoms with van der Waals surface area (Å²) in [6.07, 6.45) is 7.92. The third-order valence-electron chi connectivity index (χ3n) is 5.14. The fourth-order valence-corrected chi connectivity index (χ4v) is 3.66. The zero-order valence-corrected chi connectivity index (χ0v) is 14.6. The second-order valence-corrected chi connectivity index (χ2v) is 6.93. The highest BCUT2D eigenvalue weighted by Gasteiger charge is 2.42. The molecule has 3 heterocycles. The van der Waals surface area contributed by atoms with E-state index in [9.17, 15) is 4.79 Å². The largest absolute Gasteiger partial charge is 0.366 e. The van der Waals surface area contributed by atoms with Gasteiger partial charge in [-0.3, -0.25) is 9.79 Å². The van der Waals surface area contributed by atoms with Crippen LogP contribution in [-0.4, -0.2) is 30.3 Å². The third kappa shape index (κ3) is 2.85. The summed E-state index contributed by atoms with van der Waals surface area (Å²) in [6, 6.07) is 7.26. The van der Waals surface area contributed by atoms with Gasteiger partial charge in [0.05, 0.1) is 11.5 Å². The summed E-state index contributed by atoms with van der Waals surface area (Å²) in [6.45, 7) is 2.94. The molecule has 1 aromatic rings. The topological polar surface area (TPSA) is 104 Å². The van der Waals surface area contributed by atoms with Gasteiger partial charge in [-0.2, -0.15) is 0 Å². The molecule has 5 N–H and O–H groups in total. The minimum absolute atomic E-state index is 0.0965.